The standard InChI is InChI=1S/C16H28N4O2/c1-4-6-10-17-16(21)20-11-8-7-9-13(20)15-18-14(19-22-15)12(3)5-2/h12-13H,4-11H2,1-3H3,(H,17,21)/t12-,13+/m0/s1. The number of urea groups is 1. The van der Waals surface area contributed by atoms with Gasteiger partial charge in [-0.15, -0.1) is 0 Å². The van der Waals surface area contributed by atoms with Crippen LogP contribution in [0.25, 0.3) is 0 Å². The smallest absolute Gasteiger partial charge is 0.318 e. The lowest BCUT2D eigenvalue weighted by Crippen LogP contribution is -2.45. The van der Waals surface area contributed by atoms with Crippen LogP contribution in [0.3, 0.4) is 0 Å². The summed E-state index contributed by atoms with van der Waals surface area (Å²) < 4.78 is 5.45. The quantitative estimate of drug-likeness (QED) is 0.815. The molecule has 0 saturated carbocycles. The molecule has 2 heterocycles. The molecule has 124 valence electrons. The second kappa shape index (κ2) is 8.15. The maximum absolute atomic E-state index is 12.4. The molecule has 1 fully saturated rings. The van der Waals surface area contributed by atoms with Gasteiger partial charge in [0.25, 0.3) is 0 Å². The number of nitrogens with zero attached hydrogens (tertiary/aromatic N) is 3. The number of hydrogen-bond donors (Lipinski definition) is 1. The molecular weight excluding hydrogens is 280 g/mol. The van der Waals surface area contributed by atoms with E-state index >= 15 is 0 Å². The van der Waals surface area contributed by atoms with E-state index in [-0.39, 0.29) is 18.0 Å². The Balaban J connectivity index is 2.05. The van der Waals surface area contributed by atoms with Gasteiger partial charge >= 0.3 is 6.03 Å². The molecule has 1 N–H and O–H groups in total. The van der Waals surface area contributed by atoms with E-state index in [1.54, 1.807) is 0 Å². The molecule has 0 aliphatic carbocycles. The molecule has 1 aromatic rings. The van der Waals surface area contributed by atoms with E-state index in [2.05, 4.69) is 36.2 Å². The number of carbonyl (C=O) groups is 1. The lowest BCUT2D eigenvalue weighted by atomic mass is 10.0. The van der Waals surface area contributed by atoms with E-state index in [1.807, 2.05) is 4.90 Å². The van der Waals surface area contributed by atoms with Crippen molar-refractivity contribution in [2.75, 3.05) is 13.1 Å². The molecule has 0 bridgehead atoms. The molecule has 6 heteroatoms. The Morgan fingerprint density at radius 3 is 3.00 bits per heavy atom. The van der Waals surface area contributed by atoms with Gasteiger partial charge in [0.05, 0.1) is 0 Å². The minimum atomic E-state index is -0.0827. The van der Waals surface area contributed by atoms with E-state index in [4.69, 9.17) is 4.52 Å². The minimum absolute atomic E-state index is 0.0126. The van der Waals surface area contributed by atoms with Crippen molar-refractivity contribution in [3.05, 3.63) is 11.7 Å². The van der Waals surface area contributed by atoms with Crippen molar-refractivity contribution < 1.29 is 9.32 Å². The van der Waals surface area contributed by atoms with E-state index in [0.717, 1.165) is 57.4 Å². The normalized spacial score (nSPS) is 20.0. The Hall–Kier alpha value is -1.59. The minimum Gasteiger partial charge on any atom is -0.338 e. The molecule has 22 heavy (non-hydrogen) atoms. The summed E-state index contributed by atoms with van der Waals surface area (Å²) in [5.74, 6) is 1.61. The first-order valence-corrected chi connectivity index (χ1v) is 8.55. The first-order valence-electron chi connectivity index (χ1n) is 8.55. The zero-order valence-corrected chi connectivity index (χ0v) is 14.0. The molecule has 0 aromatic carbocycles. The van der Waals surface area contributed by atoms with Crippen molar-refractivity contribution >= 4 is 6.03 Å². The number of rotatable bonds is 6. The van der Waals surface area contributed by atoms with Crippen molar-refractivity contribution in [1.82, 2.24) is 20.4 Å². The monoisotopic (exact) mass is 308 g/mol. The number of hydrogen-bond acceptors (Lipinski definition) is 4. The first kappa shape index (κ1) is 16.8. The van der Waals surface area contributed by atoms with Crippen LogP contribution in [-0.4, -0.2) is 34.2 Å². The number of nitrogens with one attached hydrogen (secondary N) is 1. The zero-order chi connectivity index (χ0) is 15.9. The highest BCUT2D eigenvalue weighted by Crippen LogP contribution is 2.30. The highest BCUT2D eigenvalue weighted by atomic mass is 16.5. The van der Waals surface area contributed by atoms with E-state index in [9.17, 15) is 4.79 Å². The maximum Gasteiger partial charge on any atom is 0.318 e. The van der Waals surface area contributed by atoms with Gasteiger partial charge in [-0.05, 0) is 32.1 Å². The molecule has 6 nitrogen and oxygen atoms in total. The van der Waals surface area contributed by atoms with E-state index in [0.29, 0.717) is 5.89 Å². The third kappa shape index (κ3) is 3.99. The molecule has 1 aromatic heterocycles. The molecule has 2 amide bonds. The molecule has 0 spiro atoms. The molecule has 1 aliphatic rings. The lowest BCUT2D eigenvalue weighted by Gasteiger charge is -2.33. The SMILES string of the molecule is CCCCNC(=O)N1CCCC[C@@H]1c1nc([C@@H](C)CC)no1. The summed E-state index contributed by atoms with van der Waals surface area (Å²) in [5, 5.41) is 7.08. The van der Waals surface area contributed by atoms with Gasteiger partial charge in [0, 0.05) is 19.0 Å². The van der Waals surface area contributed by atoms with Gasteiger partial charge in [-0.2, -0.15) is 4.98 Å². The van der Waals surface area contributed by atoms with Gasteiger partial charge in [0.2, 0.25) is 5.89 Å². The maximum atomic E-state index is 12.4. The summed E-state index contributed by atoms with van der Waals surface area (Å²) >= 11 is 0. The summed E-state index contributed by atoms with van der Waals surface area (Å²) in [7, 11) is 0. The summed E-state index contributed by atoms with van der Waals surface area (Å²) in [5.41, 5.74) is 0. The third-order valence-electron chi connectivity index (χ3n) is 4.37. The van der Waals surface area contributed by atoms with Crippen LogP contribution in [0.4, 0.5) is 4.79 Å². The van der Waals surface area contributed by atoms with Crippen LogP contribution in [0.5, 0.6) is 0 Å². The Bertz CT molecular complexity index is 474. The summed E-state index contributed by atoms with van der Waals surface area (Å²) in [4.78, 5) is 18.8. The number of aromatic nitrogens is 2. The second-order valence-corrected chi connectivity index (χ2v) is 6.09. The molecule has 1 saturated heterocycles. The molecule has 0 unspecified atom stereocenters. The third-order valence-corrected chi connectivity index (χ3v) is 4.37. The van der Waals surface area contributed by atoms with Crippen molar-refractivity contribution in [3.8, 4) is 0 Å². The topological polar surface area (TPSA) is 71.3 Å². The fourth-order valence-electron chi connectivity index (χ4n) is 2.67. The van der Waals surface area contributed by atoms with Gasteiger partial charge in [-0.25, -0.2) is 4.79 Å². The van der Waals surface area contributed by atoms with Crippen LogP contribution >= 0.6 is 0 Å². The highest BCUT2D eigenvalue weighted by Gasteiger charge is 2.32. The van der Waals surface area contributed by atoms with Crippen LogP contribution in [0.15, 0.2) is 4.52 Å². The van der Waals surface area contributed by atoms with Crippen molar-refractivity contribution in [3.63, 3.8) is 0 Å². The van der Waals surface area contributed by atoms with Gasteiger partial charge in [0.1, 0.15) is 6.04 Å². The Labute approximate surface area is 132 Å². The van der Waals surface area contributed by atoms with Crippen LogP contribution in [0.2, 0.25) is 0 Å². The predicted octanol–water partition coefficient (Wildman–Crippen LogP) is 3.62. The average Bonchev–Trinajstić information content (AvgIpc) is 3.04. The van der Waals surface area contributed by atoms with Crippen LogP contribution in [0, 0.1) is 0 Å². The molecule has 2 atom stereocenters. The number of carbonyl (C=O) groups excluding carboxylic acids is 1. The highest BCUT2D eigenvalue weighted by molar-refractivity contribution is 5.74. The zero-order valence-electron chi connectivity index (χ0n) is 14.0. The van der Waals surface area contributed by atoms with Gasteiger partial charge in [0.15, 0.2) is 5.82 Å². The van der Waals surface area contributed by atoms with E-state index < -0.39 is 0 Å². The largest absolute Gasteiger partial charge is 0.338 e. The predicted molar refractivity (Wildman–Crippen MR) is 84.6 cm³/mol. The van der Waals surface area contributed by atoms with Crippen LogP contribution < -0.4 is 5.32 Å². The molecule has 2 rings (SSSR count). The summed E-state index contributed by atoms with van der Waals surface area (Å²) in [6, 6.07) is -0.0953. The number of amides is 2. The molecule has 0 radical (unpaired) electrons. The number of unbranched alkanes of at least 4 members (excludes halogenated alkanes) is 1. The van der Waals surface area contributed by atoms with Crippen LogP contribution in [0.1, 0.15) is 83.0 Å². The van der Waals surface area contributed by atoms with Gasteiger partial charge in [-0.1, -0.05) is 32.3 Å². The first-order chi connectivity index (χ1) is 10.7. The van der Waals surface area contributed by atoms with Gasteiger partial charge in [-0.3, -0.25) is 0 Å². The Kier molecular flexibility index (Phi) is 6.21. The van der Waals surface area contributed by atoms with Crippen LogP contribution in [-0.2, 0) is 0 Å². The summed E-state index contributed by atoms with van der Waals surface area (Å²) in [6.07, 6.45) is 6.07. The second-order valence-electron chi connectivity index (χ2n) is 6.09. The van der Waals surface area contributed by atoms with Gasteiger partial charge < -0.3 is 14.7 Å². The summed E-state index contributed by atoms with van der Waals surface area (Å²) in [6.45, 7) is 7.79. The Morgan fingerprint density at radius 2 is 2.27 bits per heavy atom. The Morgan fingerprint density at radius 1 is 1.45 bits per heavy atom. The average molecular weight is 308 g/mol. The van der Waals surface area contributed by atoms with Crippen molar-refractivity contribution in [1.29, 1.82) is 0 Å². The molecule has 1 aliphatic heterocycles. The van der Waals surface area contributed by atoms with E-state index in [1.165, 1.54) is 0 Å². The molecular formula is C16H28N4O2. The van der Waals surface area contributed by atoms with Crippen molar-refractivity contribution in [2.45, 2.75) is 71.3 Å². The fourth-order valence-corrected chi connectivity index (χ4v) is 2.67. The number of likely N-dealkylation sites (tertiary alicyclic amines) is 1. The van der Waals surface area contributed by atoms with Crippen molar-refractivity contribution in [2.24, 2.45) is 0 Å². The fraction of sp³-hybridized carbons (Fsp3) is 0.812. The number of piperidine rings is 1. The lowest BCUT2D eigenvalue weighted by molar-refractivity contribution is 0.132.